The average Bonchev–Trinajstić information content (AvgIpc) is 3.88. The van der Waals surface area contributed by atoms with Crippen molar-refractivity contribution in [2.24, 2.45) is 0 Å². The molecule has 5 nitrogen and oxygen atoms in total. The van der Waals surface area contributed by atoms with Crippen LogP contribution in [0.15, 0.2) is 200 Å². The molecule has 0 bridgehead atoms. The van der Waals surface area contributed by atoms with E-state index in [-0.39, 0.29) is 0 Å². The molecule has 0 fully saturated rings. The normalized spacial score (nSPS) is 12.4. The van der Waals surface area contributed by atoms with Gasteiger partial charge in [-0.3, -0.25) is 0 Å². The van der Waals surface area contributed by atoms with Crippen LogP contribution in [0.5, 0.6) is 0 Å². The third-order valence-electron chi connectivity index (χ3n) is 12.8. The highest BCUT2D eigenvalue weighted by Crippen LogP contribution is 2.48. The molecule has 62 heavy (non-hydrogen) atoms. The molecule has 3 heterocycles. The highest BCUT2D eigenvalue weighted by Gasteiger charge is 2.27. The Morgan fingerprint density at radius 1 is 0.306 bits per heavy atom. The Hall–Kier alpha value is -8.15. The molecule has 0 saturated heterocycles. The molecule has 0 unspecified atom stereocenters. The van der Waals surface area contributed by atoms with Crippen LogP contribution in [-0.4, -0.2) is 24.1 Å². The molecule has 0 amide bonds. The highest BCUT2D eigenvalue weighted by atomic mass is 15.1. The smallest absolute Gasteiger partial charge is 0.164 e. The minimum Gasteiger partial charge on any atom is -0.307 e. The van der Waals surface area contributed by atoms with Gasteiger partial charge >= 0.3 is 0 Å². The highest BCUT2D eigenvalue weighted by molar-refractivity contribution is 6.36. The summed E-state index contributed by atoms with van der Waals surface area (Å²) in [6.07, 6.45) is 1.86. The lowest BCUT2D eigenvalue weighted by Crippen LogP contribution is -2.07. The third-order valence-corrected chi connectivity index (χ3v) is 12.8. The maximum absolute atomic E-state index is 5.14. The van der Waals surface area contributed by atoms with E-state index in [2.05, 4.69) is 173 Å². The number of hydrogen-bond acceptors (Lipinski definition) is 3. The van der Waals surface area contributed by atoms with Crippen LogP contribution in [0.1, 0.15) is 22.3 Å². The minimum absolute atomic E-state index is 0.626. The molecule has 1 aliphatic rings. The number of para-hydroxylation sites is 3. The van der Waals surface area contributed by atoms with E-state index >= 15 is 0 Å². The predicted octanol–water partition coefficient (Wildman–Crippen LogP) is 13.7. The Morgan fingerprint density at radius 3 is 1.24 bits per heavy atom. The lowest BCUT2D eigenvalue weighted by atomic mass is 9.83. The summed E-state index contributed by atoms with van der Waals surface area (Å²) in [5, 5.41) is 7.57. The summed E-state index contributed by atoms with van der Waals surface area (Å²) < 4.78 is 4.98. The van der Waals surface area contributed by atoms with E-state index in [9.17, 15) is 0 Å². The van der Waals surface area contributed by atoms with Crippen molar-refractivity contribution < 1.29 is 0 Å². The Labute approximate surface area is 357 Å². The molecule has 13 rings (SSSR count). The third kappa shape index (κ3) is 5.31. The van der Waals surface area contributed by atoms with Gasteiger partial charge in [-0.25, -0.2) is 15.0 Å². The Bertz CT molecular complexity index is 3680. The van der Waals surface area contributed by atoms with Crippen LogP contribution in [0.4, 0.5) is 0 Å². The molecule has 0 spiro atoms. The van der Waals surface area contributed by atoms with Crippen molar-refractivity contribution in [1.82, 2.24) is 24.1 Å². The van der Waals surface area contributed by atoms with Crippen molar-refractivity contribution >= 4 is 54.4 Å². The van der Waals surface area contributed by atoms with Crippen molar-refractivity contribution in [3.05, 3.63) is 222 Å². The van der Waals surface area contributed by atoms with E-state index in [1.807, 2.05) is 36.4 Å². The summed E-state index contributed by atoms with van der Waals surface area (Å²) in [5.74, 6) is 1.91. The van der Waals surface area contributed by atoms with Gasteiger partial charge in [0.25, 0.3) is 0 Å². The summed E-state index contributed by atoms with van der Waals surface area (Å²) in [6, 6.07) is 71.8. The van der Waals surface area contributed by atoms with E-state index in [0.29, 0.717) is 17.5 Å². The van der Waals surface area contributed by atoms with Gasteiger partial charge in [0.15, 0.2) is 17.5 Å². The molecule has 1 aliphatic carbocycles. The summed E-state index contributed by atoms with van der Waals surface area (Å²) >= 11 is 0. The van der Waals surface area contributed by atoms with Crippen LogP contribution in [-0.2, 0) is 12.8 Å². The summed E-state index contributed by atoms with van der Waals surface area (Å²) in [7, 11) is 0. The molecule has 0 saturated carbocycles. The fourth-order valence-electron chi connectivity index (χ4n) is 10.1. The van der Waals surface area contributed by atoms with Gasteiger partial charge in [-0.2, -0.15) is 0 Å². The van der Waals surface area contributed by atoms with Gasteiger partial charge in [0.05, 0.1) is 22.1 Å². The van der Waals surface area contributed by atoms with Crippen molar-refractivity contribution in [2.75, 3.05) is 0 Å². The minimum atomic E-state index is 0.626. The Balaban J connectivity index is 1.15. The number of hydrogen-bond donors (Lipinski definition) is 0. The monoisotopic (exact) mass is 791 g/mol. The van der Waals surface area contributed by atoms with E-state index in [0.717, 1.165) is 46.4 Å². The first-order valence-corrected chi connectivity index (χ1v) is 21.3. The van der Waals surface area contributed by atoms with Crippen molar-refractivity contribution in [2.45, 2.75) is 12.8 Å². The van der Waals surface area contributed by atoms with E-state index in [1.54, 1.807) is 0 Å². The molecule has 290 valence electrons. The maximum Gasteiger partial charge on any atom is 0.164 e. The van der Waals surface area contributed by atoms with Gasteiger partial charge in [0.2, 0.25) is 0 Å². The van der Waals surface area contributed by atoms with Crippen LogP contribution in [0, 0.1) is 0 Å². The Morgan fingerprint density at radius 2 is 0.710 bits per heavy atom. The molecule has 12 aromatic rings. The van der Waals surface area contributed by atoms with Crippen molar-refractivity contribution in [1.29, 1.82) is 0 Å². The standard InChI is InChI=1S/C57H37N5/c1-4-17-36(18-5-1)55-58-56(37-19-6-2-7-20-37)60-57(59-55)40-23-16-26-44(33-40)62-50-30-15-13-28-46(50)52-48-35-42-32-39-22-11-10-21-38(39)31-41(42)34-47(48)51-45-27-12-14-29-49(45)61(53(51)54(52)62)43-24-8-3-9-25-43/h1-30,33-35H,31-32H2. The van der Waals surface area contributed by atoms with Crippen LogP contribution in [0.3, 0.4) is 0 Å². The van der Waals surface area contributed by atoms with Crippen LogP contribution >= 0.6 is 0 Å². The van der Waals surface area contributed by atoms with Crippen molar-refractivity contribution in [3.63, 3.8) is 0 Å². The van der Waals surface area contributed by atoms with Gasteiger partial charge in [-0.05, 0) is 94.4 Å². The van der Waals surface area contributed by atoms with Gasteiger partial charge < -0.3 is 9.13 Å². The van der Waals surface area contributed by atoms with Crippen molar-refractivity contribution in [3.8, 4) is 45.5 Å². The lowest BCUT2D eigenvalue weighted by Gasteiger charge is -2.21. The zero-order valence-electron chi connectivity index (χ0n) is 33.7. The number of benzene rings is 9. The fourth-order valence-corrected chi connectivity index (χ4v) is 10.1. The van der Waals surface area contributed by atoms with E-state index in [1.165, 1.54) is 71.1 Å². The molecular weight excluding hydrogens is 755 g/mol. The molecule has 0 aliphatic heterocycles. The molecule has 5 heteroatoms. The number of aromatic nitrogens is 5. The molecule has 9 aromatic carbocycles. The molecular formula is C57H37N5. The van der Waals surface area contributed by atoms with Crippen LogP contribution in [0.2, 0.25) is 0 Å². The Kier molecular flexibility index (Phi) is 7.66. The van der Waals surface area contributed by atoms with E-state index in [4.69, 9.17) is 15.0 Å². The number of nitrogens with zero attached hydrogens (tertiary/aromatic N) is 5. The first-order valence-electron chi connectivity index (χ1n) is 21.3. The van der Waals surface area contributed by atoms with Gasteiger partial charge in [-0.15, -0.1) is 0 Å². The summed E-state index contributed by atoms with van der Waals surface area (Å²) in [5.41, 5.74) is 15.3. The largest absolute Gasteiger partial charge is 0.307 e. The number of rotatable bonds is 5. The number of fused-ring (bicyclic) bond motifs is 12. The van der Waals surface area contributed by atoms with Crippen LogP contribution in [0.25, 0.3) is 99.9 Å². The zero-order valence-corrected chi connectivity index (χ0v) is 33.7. The molecule has 3 aromatic heterocycles. The summed E-state index contributed by atoms with van der Waals surface area (Å²) in [4.78, 5) is 15.3. The van der Waals surface area contributed by atoms with Gasteiger partial charge in [-0.1, -0.05) is 152 Å². The van der Waals surface area contributed by atoms with Gasteiger partial charge in [0, 0.05) is 49.6 Å². The quantitative estimate of drug-likeness (QED) is 0.174. The second-order valence-corrected chi connectivity index (χ2v) is 16.4. The lowest BCUT2D eigenvalue weighted by molar-refractivity contribution is 1.01. The molecule has 0 radical (unpaired) electrons. The molecule has 0 N–H and O–H groups in total. The first kappa shape index (κ1) is 34.7. The second-order valence-electron chi connectivity index (χ2n) is 16.4. The average molecular weight is 792 g/mol. The SMILES string of the molecule is c1ccc(-c2nc(-c3ccccc3)nc(-c3cccc(-n4c5ccccc5c5c6cc7c(cc6c6c8ccccc8n(-c8ccccc8)c6c54)Cc4ccccc4C7)c3)n2)cc1. The second kappa shape index (κ2) is 13.7. The van der Waals surface area contributed by atoms with Gasteiger partial charge in [0.1, 0.15) is 0 Å². The fraction of sp³-hybridized carbons (Fsp3) is 0.0351. The molecule has 0 atom stereocenters. The van der Waals surface area contributed by atoms with E-state index < -0.39 is 0 Å². The predicted molar refractivity (Wildman–Crippen MR) is 254 cm³/mol. The zero-order chi connectivity index (χ0) is 40.7. The summed E-state index contributed by atoms with van der Waals surface area (Å²) in [6.45, 7) is 0. The first-order chi connectivity index (χ1) is 30.7. The topological polar surface area (TPSA) is 48.5 Å². The maximum atomic E-state index is 5.14. The van der Waals surface area contributed by atoms with Crippen LogP contribution < -0.4 is 0 Å².